The van der Waals surface area contributed by atoms with Gasteiger partial charge in [-0.1, -0.05) is 12.1 Å². The van der Waals surface area contributed by atoms with E-state index in [0.717, 1.165) is 10.9 Å². The molecule has 0 fully saturated rings. The Morgan fingerprint density at radius 2 is 2.09 bits per heavy atom. The first-order valence-corrected chi connectivity index (χ1v) is 7.14. The molecule has 1 heterocycles. The van der Waals surface area contributed by atoms with Crippen LogP contribution < -0.4 is 5.32 Å². The summed E-state index contributed by atoms with van der Waals surface area (Å²) in [6, 6.07) is 7.51. The molecule has 116 valence electrons. The first kappa shape index (κ1) is 15.1. The number of phenols is 1. The molecule has 1 aromatic heterocycles. The number of benzene rings is 2. The number of aromatic nitrogens is 3. The molecule has 3 rings (SSSR count). The molecule has 0 bridgehead atoms. The van der Waals surface area contributed by atoms with Crippen molar-refractivity contribution < 1.29 is 5.11 Å². The summed E-state index contributed by atoms with van der Waals surface area (Å²) in [6.07, 6.45) is 1.31. The SMILES string of the molecule is CN=Nc1c(C)cc2cccc(Nc3ncnc(Cl)n3)c2c1O. The molecule has 0 aliphatic carbocycles. The van der Waals surface area contributed by atoms with Crippen molar-refractivity contribution in [2.24, 2.45) is 10.2 Å². The second kappa shape index (κ2) is 6.13. The number of aromatic hydroxyl groups is 1. The molecule has 3 aromatic rings. The molecule has 7 nitrogen and oxygen atoms in total. The van der Waals surface area contributed by atoms with E-state index in [0.29, 0.717) is 16.8 Å². The molecular weight excluding hydrogens is 316 g/mol. The van der Waals surface area contributed by atoms with Crippen molar-refractivity contribution in [2.75, 3.05) is 12.4 Å². The standard InChI is InChI=1S/C15H13ClN6O/c1-8-6-9-4-3-5-10(11(9)13(23)12(8)22-17-2)20-15-19-7-18-14(16)21-15/h3-7,23H,1-2H3,(H,18,19,20,21). The van der Waals surface area contributed by atoms with Crippen LogP contribution in [0.4, 0.5) is 17.3 Å². The minimum atomic E-state index is 0.0499. The number of nitrogens with zero attached hydrogens (tertiary/aromatic N) is 5. The largest absolute Gasteiger partial charge is 0.505 e. The quantitative estimate of drug-likeness (QED) is 0.704. The number of phenolic OH excluding ortho intramolecular Hbond substituents is 1. The number of aryl methyl sites for hydroxylation is 1. The van der Waals surface area contributed by atoms with Gasteiger partial charge >= 0.3 is 0 Å². The molecule has 2 aromatic carbocycles. The number of fused-ring (bicyclic) bond motifs is 1. The summed E-state index contributed by atoms with van der Waals surface area (Å²) in [5.41, 5.74) is 1.90. The van der Waals surface area contributed by atoms with Gasteiger partial charge in [-0.15, -0.1) is 0 Å². The Morgan fingerprint density at radius 3 is 2.83 bits per heavy atom. The highest BCUT2D eigenvalue weighted by Crippen LogP contribution is 2.42. The normalized spacial score (nSPS) is 11.3. The van der Waals surface area contributed by atoms with Crippen LogP contribution >= 0.6 is 11.6 Å². The van der Waals surface area contributed by atoms with Gasteiger partial charge in [-0.2, -0.15) is 15.2 Å². The van der Waals surface area contributed by atoms with Crippen molar-refractivity contribution in [2.45, 2.75) is 6.92 Å². The van der Waals surface area contributed by atoms with E-state index < -0.39 is 0 Å². The summed E-state index contributed by atoms with van der Waals surface area (Å²) in [5.74, 6) is 0.338. The van der Waals surface area contributed by atoms with E-state index in [1.54, 1.807) is 7.05 Å². The van der Waals surface area contributed by atoms with Gasteiger partial charge < -0.3 is 10.4 Å². The molecule has 2 N–H and O–H groups in total. The highest BCUT2D eigenvalue weighted by atomic mass is 35.5. The van der Waals surface area contributed by atoms with Crippen LogP contribution in [0.15, 0.2) is 40.8 Å². The first-order chi connectivity index (χ1) is 11.1. The molecule has 0 unspecified atom stereocenters. The fourth-order valence-corrected chi connectivity index (χ4v) is 2.47. The maximum absolute atomic E-state index is 10.6. The molecule has 23 heavy (non-hydrogen) atoms. The third kappa shape index (κ3) is 2.91. The van der Waals surface area contributed by atoms with Gasteiger partial charge in [0.2, 0.25) is 11.2 Å². The van der Waals surface area contributed by atoms with Gasteiger partial charge in [-0.25, -0.2) is 9.97 Å². The van der Waals surface area contributed by atoms with E-state index in [1.807, 2.05) is 31.2 Å². The van der Waals surface area contributed by atoms with Crippen molar-refractivity contribution in [3.05, 3.63) is 41.4 Å². The van der Waals surface area contributed by atoms with Crippen LogP contribution in [0.2, 0.25) is 5.28 Å². The van der Waals surface area contributed by atoms with E-state index in [4.69, 9.17) is 11.6 Å². The Balaban J connectivity index is 2.19. The number of hydrogen-bond donors (Lipinski definition) is 2. The molecule has 0 aliphatic heterocycles. The highest BCUT2D eigenvalue weighted by Gasteiger charge is 2.14. The lowest BCUT2D eigenvalue weighted by Gasteiger charge is -2.12. The average molecular weight is 329 g/mol. The molecule has 0 amide bonds. The Bertz CT molecular complexity index is 912. The Labute approximate surface area is 137 Å². The van der Waals surface area contributed by atoms with Crippen LogP contribution in [-0.2, 0) is 0 Å². The van der Waals surface area contributed by atoms with E-state index >= 15 is 0 Å². The van der Waals surface area contributed by atoms with Gasteiger partial charge in [0.1, 0.15) is 12.0 Å². The summed E-state index contributed by atoms with van der Waals surface area (Å²) >= 11 is 5.77. The van der Waals surface area contributed by atoms with Gasteiger partial charge in [-0.05, 0) is 41.6 Å². The number of hydrogen-bond acceptors (Lipinski definition) is 7. The van der Waals surface area contributed by atoms with Crippen LogP contribution in [0, 0.1) is 6.92 Å². The molecular formula is C15H13ClN6O. The maximum Gasteiger partial charge on any atom is 0.231 e. The predicted octanol–water partition coefficient (Wildman–Crippen LogP) is 4.15. The monoisotopic (exact) mass is 328 g/mol. The molecule has 0 atom stereocenters. The zero-order valence-corrected chi connectivity index (χ0v) is 13.2. The molecule has 0 radical (unpaired) electrons. The topological polar surface area (TPSA) is 95.7 Å². The third-order valence-corrected chi connectivity index (χ3v) is 3.47. The second-order valence-corrected chi connectivity index (χ2v) is 5.14. The van der Waals surface area contributed by atoms with Gasteiger partial charge in [0.25, 0.3) is 0 Å². The zero-order valence-electron chi connectivity index (χ0n) is 12.4. The lowest BCUT2D eigenvalue weighted by Crippen LogP contribution is -1.99. The minimum Gasteiger partial charge on any atom is -0.505 e. The molecule has 0 spiro atoms. The first-order valence-electron chi connectivity index (χ1n) is 6.77. The van der Waals surface area contributed by atoms with E-state index in [2.05, 4.69) is 30.5 Å². The number of azo groups is 1. The Morgan fingerprint density at radius 1 is 1.26 bits per heavy atom. The fraction of sp³-hybridized carbons (Fsp3) is 0.133. The number of rotatable bonds is 3. The summed E-state index contributed by atoms with van der Waals surface area (Å²) in [6.45, 7) is 1.87. The number of halogens is 1. The lowest BCUT2D eigenvalue weighted by atomic mass is 10.0. The van der Waals surface area contributed by atoms with Crippen LogP contribution in [0.1, 0.15) is 5.56 Å². The van der Waals surface area contributed by atoms with Gasteiger partial charge in [0.15, 0.2) is 5.75 Å². The minimum absolute atomic E-state index is 0.0499. The van der Waals surface area contributed by atoms with Crippen molar-refractivity contribution in [1.29, 1.82) is 0 Å². The number of nitrogens with one attached hydrogen (secondary N) is 1. The van der Waals surface area contributed by atoms with E-state index in [1.165, 1.54) is 6.33 Å². The Kier molecular flexibility index (Phi) is 4.03. The summed E-state index contributed by atoms with van der Waals surface area (Å²) < 4.78 is 0. The third-order valence-electron chi connectivity index (χ3n) is 3.29. The second-order valence-electron chi connectivity index (χ2n) is 4.80. The van der Waals surface area contributed by atoms with Crippen molar-refractivity contribution >= 4 is 39.7 Å². The summed E-state index contributed by atoms with van der Waals surface area (Å²) in [5, 5.41) is 23.0. The van der Waals surface area contributed by atoms with Gasteiger partial charge in [0.05, 0.1) is 5.69 Å². The summed E-state index contributed by atoms with van der Waals surface area (Å²) in [7, 11) is 1.56. The predicted molar refractivity (Wildman–Crippen MR) is 88.9 cm³/mol. The highest BCUT2D eigenvalue weighted by molar-refractivity contribution is 6.28. The molecule has 8 heteroatoms. The zero-order chi connectivity index (χ0) is 16.4. The van der Waals surface area contributed by atoms with Crippen LogP contribution in [-0.4, -0.2) is 27.1 Å². The lowest BCUT2D eigenvalue weighted by molar-refractivity contribution is 0.482. The van der Waals surface area contributed by atoms with Crippen molar-refractivity contribution in [1.82, 2.24) is 15.0 Å². The van der Waals surface area contributed by atoms with Gasteiger partial charge in [0, 0.05) is 12.4 Å². The van der Waals surface area contributed by atoms with E-state index in [-0.39, 0.29) is 17.0 Å². The molecule has 0 saturated heterocycles. The van der Waals surface area contributed by atoms with Crippen molar-refractivity contribution in [3.8, 4) is 5.75 Å². The van der Waals surface area contributed by atoms with Crippen LogP contribution in [0.25, 0.3) is 10.8 Å². The van der Waals surface area contributed by atoms with Gasteiger partial charge in [-0.3, -0.25) is 0 Å². The number of anilines is 2. The molecule has 0 saturated carbocycles. The van der Waals surface area contributed by atoms with Crippen molar-refractivity contribution in [3.63, 3.8) is 0 Å². The van der Waals surface area contributed by atoms with E-state index in [9.17, 15) is 5.11 Å². The Hall–Kier alpha value is -2.80. The van der Waals surface area contributed by atoms with Crippen LogP contribution in [0.5, 0.6) is 5.75 Å². The fourth-order valence-electron chi connectivity index (χ4n) is 2.35. The smallest absolute Gasteiger partial charge is 0.231 e. The average Bonchev–Trinajstić information content (AvgIpc) is 2.51. The van der Waals surface area contributed by atoms with Crippen LogP contribution in [0.3, 0.4) is 0 Å². The maximum atomic E-state index is 10.6. The summed E-state index contributed by atoms with van der Waals surface area (Å²) in [4.78, 5) is 11.7. The molecule has 0 aliphatic rings.